The van der Waals surface area contributed by atoms with Crippen LogP contribution < -0.4 is 21.7 Å². The molecule has 2 heterocycles. The number of thioether (sulfide) groups is 1. The van der Waals surface area contributed by atoms with E-state index in [1.165, 1.54) is 0 Å². The summed E-state index contributed by atoms with van der Waals surface area (Å²) in [7, 11) is 0. The third-order valence-electron chi connectivity index (χ3n) is 4.50. The van der Waals surface area contributed by atoms with E-state index in [1.54, 1.807) is 0 Å². The quantitative estimate of drug-likeness (QED) is 0.325. The van der Waals surface area contributed by atoms with E-state index in [0.717, 1.165) is 44.3 Å². The van der Waals surface area contributed by atoms with Crippen molar-refractivity contribution in [2.75, 3.05) is 12.3 Å². The predicted octanol–water partition coefficient (Wildman–Crippen LogP) is 0.874. The highest BCUT2D eigenvalue weighted by Crippen LogP contribution is 2.33. The zero-order chi connectivity index (χ0) is 17.4. The molecule has 2 aliphatic rings. The van der Waals surface area contributed by atoms with Gasteiger partial charge < -0.3 is 21.7 Å². The number of hydrogen-bond donors (Lipinski definition) is 4. The number of fused-ring (bicyclic) bond motifs is 1. The second kappa shape index (κ2) is 9.76. The fourth-order valence-electron chi connectivity index (χ4n) is 3.19. The van der Waals surface area contributed by atoms with Crippen molar-refractivity contribution in [1.29, 1.82) is 0 Å². The number of rotatable bonds is 11. The predicted molar refractivity (Wildman–Crippen MR) is 94.6 cm³/mol. The van der Waals surface area contributed by atoms with E-state index < -0.39 is 0 Å². The molecule has 136 valence electrons. The van der Waals surface area contributed by atoms with Gasteiger partial charge in [0.25, 0.3) is 0 Å². The monoisotopic (exact) mass is 356 g/mol. The van der Waals surface area contributed by atoms with Gasteiger partial charge in [0.2, 0.25) is 11.8 Å². The van der Waals surface area contributed by atoms with Gasteiger partial charge in [-0.1, -0.05) is 12.8 Å². The first-order chi connectivity index (χ1) is 11.6. The SMILES string of the molecule is NC(=O)CCCCCNC(=O)CCCC[C@@H]1SCC2NC(=O)NC21. The zero-order valence-corrected chi connectivity index (χ0v) is 14.8. The third-order valence-corrected chi connectivity index (χ3v) is 6.01. The number of carbonyl (C=O) groups excluding carboxylic acids is 3. The van der Waals surface area contributed by atoms with Crippen molar-refractivity contribution in [3.63, 3.8) is 0 Å². The minimum atomic E-state index is -0.265. The molecule has 2 fully saturated rings. The first-order valence-electron chi connectivity index (χ1n) is 8.80. The largest absolute Gasteiger partial charge is 0.370 e. The van der Waals surface area contributed by atoms with Gasteiger partial charge in [-0.3, -0.25) is 9.59 Å². The van der Waals surface area contributed by atoms with E-state index in [2.05, 4.69) is 16.0 Å². The molecule has 0 aromatic rings. The zero-order valence-electron chi connectivity index (χ0n) is 14.0. The first kappa shape index (κ1) is 18.9. The Morgan fingerprint density at radius 1 is 1.12 bits per heavy atom. The molecule has 0 aliphatic carbocycles. The van der Waals surface area contributed by atoms with Crippen LogP contribution in [0.3, 0.4) is 0 Å². The van der Waals surface area contributed by atoms with Gasteiger partial charge in [0.1, 0.15) is 0 Å². The number of primary amides is 1. The van der Waals surface area contributed by atoms with Crippen LogP contribution in [0, 0.1) is 0 Å². The second-order valence-corrected chi connectivity index (χ2v) is 7.77. The van der Waals surface area contributed by atoms with Crippen LogP contribution in [0.15, 0.2) is 0 Å². The van der Waals surface area contributed by atoms with Gasteiger partial charge in [0.15, 0.2) is 0 Å². The van der Waals surface area contributed by atoms with Crippen LogP contribution in [0.25, 0.3) is 0 Å². The lowest BCUT2D eigenvalue weighted by Crippen LogP contribution is -2.36. The number of nitrogens with one attached hydrogen (secondary N) is 3. The molecule has 2 unspecified atom stereocenters. The molecule has 2 saturated heterocycles. The van der Waals surface area contributed by atoms with Gasteiger partial charge in [-0.25, -0.2) is 4.79 Å². The number of nitrogens with two attached hydrogens (primary N) is 1. The molecule has 3 atom stereocenters. The standard InChI is InChI=1S/C16H28N4O3S/c17-13(21)7-2-1-5-9-18-14(22)8-4-3-6-12-15-11(10-24-12)19-16(23)20-15/h11-12,15H,1-10H2,(H2,17,21)(H,18,22)(H2,19,20,23)/t11?,12-,15?/m0/s1. The van der Waals surface area contributed by atoms with E-state index >= 15 is 0 Å². The molecule has 8 heteroatoms. The summed E-state index contributed by atoms with van der Waals surface area (Å²) in [5.41, 5.74) is 5.07. The third kappa shape index (κ3) is 6.22. The normalized spacial score (nSPS) is 25.0. The number of carbonyl (C=O) groups is 3. The maximum atomic E-state index is 11.7. The van der Waals surface area contributed by atoms with Crippen LogP contribution >= 0.6 is 11.8 Å². The Hall–Kier alpha value is -1.44. The summed E-state index contributed by atoms with van der Waals surface area (Å²) in [5.74, 6) is 0.807. The van der Waals surface area contributed by atoms with Crippen LogP contribution in [0.1, 0.15) is 51.4 Å². The topological polar surface area (TPSA) is 113 Å². The smallest absolute Gasteiger partial charge is 0.315 e. The molecule has 0 saturated carbocycles. The molecule has 7 nitrogen and oxygen atoms in total. The van der Waals surface area contributed by atoms with Gasteiger partial charge in [-0.05, 0) is 25.7 Å². The van der Waals surface area contributed by atoms with Crippen LogP contribution in [0.2, 0.25) is 0 Å². The molecule has 2 aliphatic heterocycles. The van der Waals surface area contributed by atoms with E-state index in [-0.39, 0.29) is 29.9 Å². The Kier molecular flexibility index (Phi) is 7.68. The Morgan fingerprint density at radius 2 is 1.92 bits per heavy atom. The number of unbranched alkanes of at least 4 members (excludes halogenated alkanes) is 3. The fraction of sp³-hybridized carbons (Fsp3) is 0.812. The lowest BCUT2D eigenvalue weighted by Gasteiger charge is -2.16. The summed E-state index contributed by atoms with van der Waals surface area (Å²) in [4.78, 5) is 33.6. The average Bonchev–Trinajstić information content (AvgIpc) is 3.06. The first-order valence-corrected chi connectivity index (χ1v) is 9.85. The maximum Gasteiger partial charge on any atom is 0.315 e. The Balaban J connectivity index is 1.45. The summed E-state index contributed by atoms with van der Waals surface area (Å²) in [6.45, 7) is 0.664. The molecule has 0 radical (unpaired) electrons. The van der Waals surface area contributed by atoms with Gasteiger partial charge in [0, 0.05) is 30.4 Å². The van der Waals surface area contributed by atoms with E-state index in [9.17, 15) is 14.4 Å². The second-order valence-electron chi connectivity index (χ2n) is 6.49. The molecular weight excluding hydrogens is 328 g/mol. The number of urea groups is 1. The van der Waals surface area contributed by atoms with E-state index in [1.807, 2.05) is 11.8 Å². The highest BCUT2D eigenvalue weighted by molar-refractivity contribution is 8.00. The summed E-state index contributed by atoms with van der Waals surface area (Å²) in [5, 5.41) is 9.30. The lowest BCUT2D eigenvalue weighted by molar-refractivity contribution is -0.121. The average molecular weight is 356 g/mol. The number of amides is 4. The van der Waals surface area contributed by atoms with Crippen molar-refractivity contribution in [3.05, 3.63) is 0 Å². The molecular formula is C16H28N4O3S. The number of hydrogen-bond acceptors (Lipinski definition) is 4. The molecule has 0 aromatic carbocycles. The van der Waals surface area contributed by atoms with E-state index in [0.29, 0.717) is 24.6 Å². The molecule has 24 heavy (non-hydrogen) atoms. The van der Waals surface area contributed by atoms with E-state index in [4.69, 9.17) is 5.73 Å². The van der Waals surface area contributed by atoms with Crippen molar-refractivity contribution in [2.24, 2.45) is 5.73 Å². The summed E-state index contributed by atoms with van der Waals surface area (Å²) in [6, 6.07) is 0.465. The van der Waals surface area contributed by atoms with Gasteiger partial charge >= 0.3 is 6.03 Å². The van der Waals surface area contributed by atoms with Crippen molar-refractivity contribution < 1.29 is 14.4 Å². The summed E-state index contributed by atoms with van der Waals surface area (Å²) < 4.78 is 0. The fourth-order valence-corrected chi connectivity index (χ4v) is 4.73. The van der Waals surface area contributed by atoms with Gasteiger partial charge in [-0.2, -0.15) is 11.8 Å². The summed E-state index contributed by atoms with van der Waals surface area (Å²) >= 11 is 1.91. The van der Waals surface area contributed by atoms with Crippen molar-refractivity contribution >= 4 is 29.6 Å². The van der Waals surface area contributed by atoms with Gasteiger partial charge in [-0.15, -0.1) is 0 Å². The van der Waals surface area contributed by atoms with Crippen LogP contribution in [-0.2, 0) is 9.59 Å². The van der Waals surface area contributed by atoms with Crippen LogP contribution in [-0.4, -0.2) is 47.5 Å². The Bertz CT molecular complexity index is 461. The molecule has 2 rings (SSSR count). The minimum Gasteiger partial charge on any atom is -0.370 e. The highest BCUT2D eigenvalue weighted by Gasteiger charge is 2.42. The molecule has 5 N–H and O–H groups in total. The Morgan fingerprint density at radius 3 is 2.71 bits per heavy atom. The molecule has 0 aromatic heterocycles. The van der Waals surface area contributed by atoms with Crippen LogP contribution in [0.4, 0.5) is 4.79 Å². The minimum absolute atomic E-state index is 0.0505. The van der Waals surface area contributed by atoms with Crippen molar-refractivity contribution in [1.82, 2.24) is 16.0 Å². The van der Waals surface area contributed by atoms with Crippen molar-refractivity contribution in [2.45, 2.75) is 68.7 Å². The van der Waals surface area contributed by atoms with Gasteiger partial charge in [0.05, 0.1) is 12.1 Å². The lowest BCUT2D eigenvalue weighted by atomic mass is 10.0. The molecule has 0 bridgehead atoms. The van der Waals surface area contributed by atoms with Crippen molar-refractivity contribution in [3.8, 4) is 0 Å². The highest BCUT2D eigenvalue weighted by atomic mass is 32.2. The molecule has 0 spiro atoms. The maximum absolute atomic E-state index is 11.7. The van der Waals surface area contributed by atoms with Crippen LogP contribution in [0.5, 0.6) is 0 Å². The summed E-state index contributed by atoms with van der Waals surface area (Å²) in [6.07, 6.45) is 6.47. The Labute approximate surface area is 147 Å². The molecule has 4 amide bonds.